The molecule has 1 aromatic rings. The van der Waals surface area contributed by atoms with E-state index in [2.05, 4.69) is 35.9 Å². The van der Waals surface area contributed by atoms with Gasteiger partial charge in [0.15, 0.2) is 0 Å². The summed E-state index contributed by atoms with van der Waals surface area (Å²) in [6.45, 7) is 3.95. The Balaban J connectivity index is 2.21. The monoisotopic (exact) mass is 306 g/mol. The van der Waals surface area contributed by atoms with Gasteiger partial charge in [-0.3, -0.25) is 4.79 Å². The summed E-state index contributed by atoms with van der Waals surface area (Å²) in [5, 5.41) is 6.66. The van der Waals surface area contributed by atoms with Crippen LogP contribution in [0.2, 0.25) is 0 Å². The van der Waals surface area contributed by atoms with Crippen molar-refractivity contribution < 1.29 is 4.79 Å². The number of benzene rings is 1. The zero-order chi connectivity index (χ0) is 15.1. The second-order valence-electron chi connectivity index (χ2n) is 5.73. The highest BCUT2D eigenvalue weighted by Crippen LogP contribution is 2.34. The second kappa shape index (κ2) is 7.85. The quantitative estimate of drug-likeness (QED) is 0.849. The molecule has 0 aromatic heterocycles. The van der Waals surface area contributed by atoms with Crippen molar-refractivity contribution in [3.05, 3.63) is 35.9 Å². The van der Waals surface area contributed by atoms with Crippen molar-refractivity contribution in [1.29, 1.82) is 0 Å². The fraction of sp³-hybridized carbons (Fsp3) is 0.588. The van der Waals surface area contributed by atoms with Gasteiger partial charge in [-0.15, -0.1) is 0 Å². The number of hydrogen-bond acceptors (Lipinski definition) is 3. The third kappa shape index (κ3) is 3.80. The van der Waals surface area contributed by atoms with Gasteiger partial charge in [0.2, 0.25) is 5.91 Å². The minimum Gasteiger partial charge on any atom is -0.352 e. The van der Waals surface area contributed by atoms with Gasteiger partial charge in [-0.1, -0.05) is 37.3 Å². The molecule has 0 bridgehead atoms. The molecule has 1 aromatic carbocycles. The number of nitrogens with one attached hydrogen (secondary N) is 2. The Hall–Kier alpha value is -1.00. The lowest BCUT2D eigenvalue weighted by atomic mass is 9.72. The summed E-state index contributed by atoms with van der Waals surface area (Å²) in [6.07, 6.45) is 4.82. The summed E-state index contributed by atoms with van der Waals surface area (Å²) in [5.74, 6) is 1.18. The Labute approximate surface area is 132 Å². The van der Waals surface area contributed by atoms with E-state index in [4.69, 9.17) is 0 Å². The molecule has 1 unspecified atom stereocenters. The molecule has 3 nitrogen and oxygen atoms in total. The standard InChI is InChI=1S/C17H26N2OS/c1-3-15(13-21-2)19-16(20)17(9-11-18-12-10-17)14-7-5-4-6-8-14/h4-8,15,18H,3,9-13H2,1-2H3,(H,19,20). The van der Waals surface area contributed by atoms with Gasteiger partial charge in [0, 0.05) is 11.8 Å². The van der Waals surface area contributed by atoms with Crippen molar-refractivity contribution in [3.63, 3.8) is 0 Å². The Bertz CT molecular complexity index is 443. The van der Waals surface area contributed by atoms with E-state index in [1.54, 1.807) is 11.8 Å². The lowest BCUT2D eigenvalue weighted by molar-refractivity contribution is -0.128. The number of carbonyl (C=O) groups excluding carboxylic acids is 1. The molecule has 0 radical (unpaired) electrons. The Morgan fingerprint density at radius 1 is 1.33 bits per heavy atom. The van der Waals surface area contributed by atoms with Gasteiger partial charge in [0.1, 0.15) is 0 Å². The van der Waals surface area contributed by atoms with Crippen molar-refractivity contribution in [1.82, 2.24) is 10.6 Å². The Morgan fingerprint density at radius 3 is 2.57 bits per heavy atom. The highest BCUT2D eigenvalue weighted by molar-refractivity contribution is 7.98. The van der Waals surface area contributed by atoms with E-state index in [1.165, 1.54) is 0 Å². The summed E-state index contributed by atoms with van der Waals surface area (Å²) < 4.78 is 0. The molecule has 116 valence electrons. The predicted octanol–water partition coefficient (Wildman–Crippen LogP) is 2.57. The number of carbonyl (C=O) groups is 1. The van der Waals surface area contributed by atoms with E-state index in [-0.39, 0.29) is 17.4 Å². The first-order valence-electron chi connectivity index (χ1n) is 7.79. The predicted molar refractivity (Wildman–Crippen MR) is 90.8 cm³/mol. The van der Waals surface area contributed by atoms with Crippen molar-refractivity contribution >= 4 is 17.7 Å². The van der Waals surface area contributed by atoms with E-state index in [0.717, 1.165) is 43.7 Å². The highest BCUT2D eigenvalue weighted by atomic mass is 32.2. The van der Waals surface area contributed by atoms with Gasteiger partial charge in [0.05, 0.1) is 5.41 Å². The molecule has 2 N–H and O–H groups in total. The fourth-order valence-electron chi connectivity index (χ4n) is 3.04. The van der Waals surface area contributed by atoms with Gasteiger partial charge >= 0.3 is 0 Å². The SMILES string of the molecule is CCC(CSC)NC(=O)C1(c2ccccc2)CCNCC1. The zero-order valence-electron chi connectivity index (χ0n) is 13.0. The molecule has 1 heterocycles. The van der Waals surface area contributed by atoms with E-state index < -0.39 is 0 Å². The van der Waals surface area contributed by atoms with Crippen molar-refractivity contribution in [2.45, 2.75) is 37.6 Å². The van der Waals surface area contributed by atoms with Crippen LogP contribution < -0.4 is 10.6 Å². The number of thioether (sulfide) groups is 1. The molecule has 1 amide bonds. The molecule has 0 spiro atoms. The smallest absolute Gasteiger partial charge is 0.230 e. The maximum atomic E-state index is 13.0. The van der Waals surface area contributed by atoms with E-state index in [0.29, 0.717) is 0 Å². The maximum Gasteiger partial charge on any atom is 0.230 e. The normalized spacial score (nSPS) is 19.0. The van der Waals surface area contributed by atoms with Gasteiger partial charge in [-0.25, -0.2) is 0 Å². The third-order valence-corrected chi connectivity index (χ3v) is 5.15. The van der Waals surface area contributed by atoms with Crippen LogP contribution in [0.15, 0.2) is 30.3 Å². The van der Waals surface area contributed by atoms with Crippen LogP contribution in [0.3, 0.4) is 0 Å². The number of rotatable bonds is 6. The number of amides is 1. The van der Waals surface area contributed by atoms with Crippen molar-refractivity contribution in [2.24, 2.45) is 0 Å². The molecule has 4 heteroatoms. The first kappa shape index (κ1) is 16.4. The van der Waals surface area contributed by atoms with Crippen molar-refractivity contribution in [2.75, 3.05) is 25.1 Å². The van der Waals surface area contributed by atoms with Crippen LogP contribution >= 0.6 is 11.8 Å². The summed E-state index contributed by atoms with van der Waals surface area (Å²) in [5.41, 5.74) is 0.793. The molecular weight excluding hydrogens is 280 g/mol. The average molecular weight is 306 g/mol. The van der Waals surface area contributed by atoms with Crippen LogP contribution in [0.25, 0.3) is 0 Å². The van der Waals surface area contributed by atoms with Gasteiger partial charge in [0.25, 0.3) is 0 Å². The molecule has 21 heavy (non-hydrogen) atoms. The van der Waals surface area contributed by atoms with Crippen LogP contribution in [-0.4, -0.2) is 37.0 Å². The molecule has 1 fully saturated rings. The van der Waals surface area contributed by atoms with Gasteiger partial charge in [-0.2, -0.15) is 11.8 Å². The lowest BCUT2D eigenvalue weighted by Crippen LogP contribution is -2.53. The molecular formula is C17H26N2OS. The number of piperidine rings is 1. The molecule has 0 saturated carbocycles. The summed E-state index contributed by atoms with van der Waals surface area (Å²) in [7, 11) is 0. The van der Waals surface area contributed by atoms with E-state index in [9.17, 15) is 4.79 Å². The first-order valence-corrected chi connectivity index (χ1v) is 9.18. The summed E-state index contributed by atoms with van der Waals surface area (Å²) >= 11 is 1.79. The second-order valence-corrected chi connectivity index (χ2v) is 6.64. The third-order valence-electron chi connectivity index (χ3n) is 4.41. The van der Waals surface area contributed by atoms with Crippen LogP contribution in [0.5, 0.6) is 0 Å². The molecule has 2 rings (SSSR count). The molecule has 1 saturated heterocycles. The fourth-order valence-corrected chi connectivity index (χ4v) is 3.77. The molecule has 1 aliphatic rings. The van der Waals surface area contributed by atoms with E-state index >= 15 is 0 Å². The number of hydrogen-bond donors (Lipinski definition) is 2. The Morgan fingerprint density at radius 2 is 2.00 bits per heavy atom. The van der Waals surface area contributed by atoms with Gasteiger partial charge < -0.3 is 10.6 Å². The largest absolute Gasteiger partial charge is 0.352 e. The molecule has 1 atom stereocenters. The van der Waals surface area contributed by atoms with Crippen LogP contribution in [0.4, 0.5) is 0 Å². The minimum atomic E-state index is -0.363. The molecule has 1 aliphatic heterocycles. The average Bonchev–Trinajstić information content (AvgIpc) is 2.55. The Kier molecular flexibility index (Phi) is 6.12. The molecule has 0 aliphatic carbocycles. The van der Waals surface area contributed by atoms with Crippen molar-refractivity contribution in [3.8, 4) is 0 Å². The lowest BCUT2D eigenvalue weighted by Gasteiger charge is -2.37. The van der Waals surface area contributed by atoms with E-state index in [1.807, 2.05) is 18.2 Å². The van der Waals surface area contributed by atoms with Gasteiger partial charge in [-0.05, 0) is 44.2 Å². The summed E-state index contributed by atoms with van der Waals surface area (Å²) in [6, 6.07) is 10.5. The topological polar surface area (TPSA) is 41.1 Å². The van der Waals surface area contributed by atoms with Crippen LogP contribution in [0.1, 0.15) is 31.7 Å². The van der Waals surface area contributed by atoms with Crippen LogP contribution in [-0.2, 0) is 10.2 Å². The van der Waals surface area contributed by atoms with Crippen LogP contribution in [0, 0.1) is 0 Å². The highest BCUT2D eigenvalue weighted by Gasteiger charge is 2.41. The maximum absolute atomic E-state index is 13.0. The first-order chi connectivity index (χ1) is 10.2. The minimum absolute atomic E-state index is 0.205. The summed E-state index contributed by atoms with van der Waals surface area (Å²) in [4.78, 5) is 13.0. The zero-order valence-corrected chi connectivity index (χ0v) is 13.8.